The Hall–Kier alpha value is -3.22. The number of ether oxygens (including phenoxy) is 3. The van der Waals surface area contributed by atoms with E-state index in [1.54, 1.807) is 12.1 Å². The van der Waals surface area contributed by atoms with E-state index in [4.69, 9.17) is 14.2 Å². The highest BCUT2D eigenvalue weighted by atomic mass is 16.5. The highest BCUT2D eigenvalue weighted by Crippen LogP contribution is 2.33. The van der Waals surface area contributed by atoms with Crippen molar-refractivity contribution >= 4 is 17.5 Å². The third kappa shape index (κ3) is 4.13. The molecule has 2 aliphatic rings. The van der Waals surface area contributed by atoms with Crippen LogP contribution in [0.25, 0.3) is 0 Å². The molecular weight excluding hydrogens is 372 g/mol. The summed E-state index contributed by atoms with van der Waals surface area (Å²) in [6.07, 6.45) is 1.55. The van der Waals surface area contributed by atoms with E-state index in [1.165, 1.54) is 4.90 Å². The number of fused-ring (bicyclic) bond motifs is 2. The second-order valence-electron chi connectivity index (χ2n) is 7.02. The molecule has 0 saturated heterocycles. The Balaban J connectivity index is 1.47. The maximum absolute atomic E-state index is 12.8. The van der Waals surface area contributed by atoms with Crippen LogP contribution in [0.2, 0.25) is 0 Å². The molecule has 1 atom stereocenters. The monoisotopic (exact) mass is 396 g/mol. The average molecular weight is 396 g/mol. The highest BCUT2D eigenvalue weighted by molar-refractivity contribution is 6.02. The van der Waals surface area contributed by atoms with Crippen molar-refractivity contribution in [3.63, 3.8) is 0 Å². The zero-order chi connectivity index (χ0) is 20.2. The largest absolute Gasteiger partial charge is 0.490 e. The number of nitrogens with zero attached hydrogens (tertiary/aromatic N) is 1. The van der Waals surface area contributed by atoms with Crippen molar-refractivity contribution in [2.45, 2.75) is 25.8 Å². The molecule has 2 aromatic carbocycles. The molecule has 2 aliphatic heterocycles. The van der Waals surface area contributed by atoms with Crippen LogP contribution in [-0.2, 0) is 9.59 Å². The fraction of sp³-hybridized carbons (Fsp3) is 0.364. The summed E-state index contributed by atoms with van der Waals surface area (Å²) in [6.45, 7) is 3.13. The molecule has 0 aliphatic carbocycles. The SMILES string of the molecule is CC[C@H](NC(=O)CN1C(=O)COc2ccccc21)c1ccc2c(c1)OCCCO2. The second kappa shape index (κ2) is 8.43. The number of anilines is 1. The number of para-hydroxylation sites is 2. The van der Waals surface area contributed by atoms with E-state index in [1.807, 2.05) is 37.3 Å². The van der Waals surface area contributed by atoms with Gasteiger partial charge in [0, 0.05) is 6.42 Å². The molecule has 0 unspecified atom stereocenters. The van der Waals surface area contributed by atoms with Crippen molar-refractivity contribution in [2.24, 2.45) is 0 Å². The summed E-state index contributed by atoms with van der Waals surface area (Å²) < 4.78 is 16.9. The lowest BCUT2D eigenvalue weighted by molar-refractivity contribution is -0.125. The van der Waals surface area contributed by atoms with Crippen molar-refractivity contribution in [3.05, 3.63) is 48.0 Å². The van der Waals surface area contributed by atoms with Crippen LogP contribution in [-0.4, -0.2) is 38.2 Å². The lowest BCUT2D eigenvalue weighted by Gasteiger charge is -2.29. The van der Waals surface area contributed by atoms with Gasteiger partial charge >= 0.3 is 0 Å². The summed E-state index contributed by atoms with van der Waals surface area (Å²) in [4.78, 5) is 26.5. The molecule has 0 radical (unpaired) electrons. The number of carbonyl (C=O) groups excluding carboxylic acids is 2. The van der Waals surface area contributed by atoms with E-state index in [0.717, 1.165) is 17.7 Å². The average Bonchev–Trinajstić information content (AvgIpc) is 2.99. The first-order chi connectivity index (χ1) is 14.2. The number of nitrogens with one attached hydrogen (secondary N) is 1. The molecule has 4 rings (SSSR count). The van der Waals surface area contributed by atoms with Crippen LogP contribution in [0.1, 0.15) is 31.4 Å². The summed E-state index contributed by atoms with van der Waals surface area (Å²) in [6, 6.07) is 12.8. The molecule has 1 N–H and O–H groups in total. The highest BCUT2D eigenvalue weighted by Gasteiger charge is 2.27. The van der Waals surface area contributed by atoms with Gasteiger partial charge in [-0.25, -0.2) is 0 Å². The number of amides is 2. The van der Waals surface area contributed by atoms with Crippen LogP contribution in [0, 0.1) is 0 Å². The molecule has 7 heteroatoms. The number of benzene rings is 2. The molecular formula is C22H24N2O5. The molecule has 0 fully saturated rings. The molecule has 0 bridgehead atoms. The molecule has 29 heavy (non-hydrogen) atoms. The maximum atomic E-state index is 12.8. The van der Waals surface area contributed by atoms with Crippen molar-refractivity contribution in [3.8, 4) is 17.2 Å². The van der Waals surface area contributed by atoms with Gasteiger partial charge in [0.05, 0.1) is 24.9 Å². The lowest BCUT2D eigenvalue weighted by Crippen LogP contribution is -2.45. The van der Waals surface area contributed by atoms with E-state index >= 15 is 0 Å². The third-order valence-electron chi connectivity index (χ3n) is 5.03. The number of hydrogen-bond donors (Lipinski definition) is 1. The third-order valence-corrected chi connectivity index (χ3v) is 5.03. The van der Waals surface area contributed by atoms with Crippen LogP contribution in [0.5, 0.6) is 17.2 Å². The van der Waals surface area contributed by atoms with Gasteiger partial charge in [-0.3, -0.25) is 14.5 Å². The first-order valence-electron chi connectivity index (χ1n) is 9.87. The Morgan fingerprint density at radius 2 is 1.86 bits per heavy atom. The first-order valence-corrected chi connectivity index (χ1v) is 9.87. The molecule has 0 spiro atoms. The molecule has 2 amide bonds. The Morgan fingerprint density at radius 3 is 2.69 bits per heavy atom. The van der Waals surface area contributed by atoms with Gasteiger partial charge in [0.2, 0.25) is 5.91 Å². The molecule has 0 aromatic heterocycles. The van der Waals surface area contributed by atoms with Gasteiger partial charge in [-0.15, -0.1) is 0 Å². The number of hydrogen-bond acceptors (Lipinski definition) is 5. The van der Waals surface area contributed by atoms with E-state index in [-0.39, 0.29) is 31.0 Å². The molecule has 0 saturated carbocycles. The van der Waals surface area contributed by atoms with Crippen molar-refractivity contribution in [1.82, 2.24) is 5.32 Å². The Labute approximate surface area is 169 Å². The topological polar surface area (TPSA) is 77.1 Å². The minimum absolute atomic E-state index is 0.0553. The predicted molar refractivity (Wildman–Crippen MR) is 108 cm³/mol. The first kappa shape index (κ1) is 19.1. The standard InChI is InChI=1S/C22H24N2O5/c1-2-16(15-8-9-19-20(12-15)28-11-5-10-27-19)23-21(25)13-24-17-6-3-4-7-18(17)29-14-22(24)26/h3-4,6-9,12,16H,2,5,10-11,13-14H2,1H3,(H,23,25)/t16-/m0/s1. The summed E-state index contributed by atoms with van der Waals surface area (Å²) in [7, 11) is 0. The molecule has 152 valence electrons. The quantitative estimate of drug-likeness (QED) is 0.841. The maximum Gasteiger partial charge on any atom is 0.265 e. The van der Waals surface area contributed by atoms with E-state index < -0.39 is 0 Å². The van der Waals surface area contributed by atoms with Gasteiger partial charge in [-0.05, 0) is 36.2 Å². The Kier molecular flexibility index (Phi) is 5.55. The summed E-state index contributed by atoms with van der Waals surface area (Å²) >= 11 is 0. The van der Waals surface area contributed by atoms with E-state index in [9.17, 15) is 9.59 Å². The fourth-order valence-corrected chi connectivity index (χ4v) is 3.53. The van der Waals surface area contributed by atoms with Crippen molar-refractivity contribution < 1.29 is 23.8 Å². The number of rotatable bonds is 5. The van der Waals surface area contributed by atoms with Crippen molar-refractivity contribution in [1.29, 1.82) is 0 Å². The predicted octanol–water partition coefficient (Wildman–Crippen LogP) is 2.84. The van der Waals surface area contributed by atoms with Crippen LogP contribution in [0.3, 0.4) is 0 Å². The van der Waals surface area contributed by atoms with Gasteiger partial charge in [-0.2, -0.15) is 0 Å². The van der Waals surface area contributed by atoms with E-state index in [0.29, 0.717) is 36.8 Å². The van der Waals surface area contributed by atoms with Gasteiger partial charge < -0.3 is 19.5 Å². The van der Waals surface area contributed by atoms with Crippen LogP contribution in [0.15, 0.2) is 42.5 Å². The lowest BCUT2D eigenvalue weighted by atomic mass is 10.0. The Morgan fingerprint density at radius 1 is 1.07 bits per heavy atom. The van der Waals surface area contributed by atoms with E-state index in [2.05, 4.69) is 5.32 Å². The summed E-state index contributed by atoms with van der Waals surface area (Å²) in [5.74, 6) is 1.57. The normalized spacial score (nSPS) is 16.3. The van der Waals surface area contributed by atoms with Gasteiger partial charge in [0.15, 0.2) is 18.1 Å². The van der Waals surface area contributed by atoms with Gasteiger partial charge in [-0.1, -0.05) is 25.1 Å². The van der Waals surface area contributed by atoms with Crippen molar-refractivity contribution in [2.75, 3.05) is 31.3 Å². The second-order valence-corrected chi connectivity index (χ2v) is 7.02. The van der Waals surface area contributed by atoms with Gasteiger partial charge in [0.25, 0.3) is 5.91 Å². The van der Waals surface area contributed by atoms with Crippen LogP contribution < -0.4 is 24.4 Å². The number of carbonyl (C=O) groups is 2. The minimum atomic E-state index is -0.234. The summed E-state index contributed by atoms with van der Waals surface area (Å²) in [5.41, 5.74) is 1.56. The van der Waals surface area contributed by atoms with Crippen LogP contribution >= 0.6 is 0 Å². The molecule has 7 nitrogen and oxygen atoms in total. The summed E-state index contributed by atoms with van der Waals surface area (Å²) in [5, 5.41) is 3.03. The zero-order valence-electron chi connectivity index (χ0n) is 16.3. The Bertz CT molecular complexity index is 914. The minimum Gasteiger partial charge on any atom is -0.490 e. The molecule has 2 aromatic rings. The van der Waals surface area contributed by atoms with Gasteiger partial charge in [0.1, 0.15) is 12.3 Å². The van der Waals surface area contributed by atoms with Crippen LogP contribution in [0.4, 0.5) is 5.69 Å². The zero-order valence-corrected chi connectivity index (χ0v) is 16.3. The smallest absolute Gasteiger partial charge is 0.265 e. The fourth-order valence-electron chi connectivity index (χ4n) is 3.53. The molecule has 2 heterocycles.